The highest BCUT2D eigenvalue weighted by atomic mass is 19.4. The first-order chi connectivity index (χ1) is 10.4. The maximum absolute atomic E-state index is 12.5. The Balaban J connectivity index is 1.95. The zero-order valence-electron chi connectivity index (χ0n) is 11.3. The highest BCUT2D eigenvalue weighted by molar-refractivity contribution is 5.92. The molecule has 0 spiro atoms. The minimum absolute atomic E-state index is 0.121. The van der Waals surface area contributed by atoms with Crippen LogP contribution in [0.2, 0.25) is 0 Å². The van der Waals surface area contributed by atoms with Gasteiger partial charge in [0.2, 0.25) is 0 Å². The van der Waals surface area contributed by atoms with Crippen LogP contribution < -0.4 is 4.74 Å². The fourth-order valence-corrected chi connectivity index (χ4v) is 2.19. The third-order valence-corrected chi connectivity index (χ3v) is 3.27. The van der Waals surface area contributed by atoms with Gasteiger partial charge >= 0.3 is 6.18 Å². The second-order valence-electron chi connectivity index (χ2n) is 4.75. The zero-order valence-corrected chi connectivity index (χ0v) is 11.3. The Morgan fingerprint density at radius 2 is 1.41 bits per heavy atom. The molecule has 0 aliphatic rings. The van der Waals surface area contributed by atoms with Crippen molar-refractivity contribution < 1.29 is 23.0 Å². The monoisotopic (exact) mass is 304 g/mol. The van der Waals surface area contributed by atoms with E-state index < -0.39 is 11.7 Å². The van der Waals surface area contributed by atoms with Crippen molar-refractivity contribution in [1.29, 1.82) is 0 Å². The Morgan fingerprint density at radius 3 is 2.09 bits per heavy atom. The van der Waals surface area contributed by atoms with Gasteiger partial charge in [-0.25, -0.2) is 0 Å². The normalized spacial score (nSPS) is 11.6. The molecule has 0 saturated heterocycles. The predicted octanol–water partition coefficient (Wildman–Crippen LogP) is 5.36. The Hall–Kier alpha value is -2.69. The summed E-state index contributed by atoms with van der Waals surface area (Å²) in [5, 5.41) is 11.1. The van der Waals surface area contributed by atoms with Crippen LogP contribution in [0.5, 0.6) is 17.2 Å². The molecule has 0 heterocycles. The largest absolute Gasteiger partial charge is 0.507 e. The second kappa shape index (κ2) is 5.26. The number of fused-ring (bicyclic) bond motifs is 1. The topological polar surface area (TPSA) is 29.5 Å². The van der Waals surface area contributed by atoms with Crippen molar-refractivity contribution in [2.24, 2.45) is 0 Å². The van der Waals surface area contributed by atoms with E-state index in [4.69, 9.17) is 4.74 Å². The van der Waals surface area contributed by atoms with Crippen molar-refractivity contribution >= 4 is 10.8 Å². The molecule has 112 valence electrons. The summed E-state index contributed by atoms with van der Waals surface area (Å²) in [6.07, 6.45) is -4.37. The molecule has 3 aromatic carbocycles. The van der Waals surface area contributed by atoms with E-state index in [1.54, 1.807) is 36.4 Å². The lowest BCUT2D eigenvalue weighted by molar-refractivity contribution is -0.137. The molecular weight excluding hydrogens is 293 g/mol. The van der Waals surface area contributed by atoms with E-state index in [1.165, 1.54) is 12.1 Å². The van der Waals surface area contributed by atoms with E-state index in [1.807, 2.05) is 0 Å². The molecule has 0 aliphatic carbocycles. The van der Waals surface area contributed by atoms with Gasteiger partial charge in [0.25, 0.3) is 0 Å². The number of rotatable bonds is 2. The summed E-state index contributed by atoms with van der Waals surface area (Å²) >= 11 is 0. The standard InChI is InChI=1S/C17H11F3O2/c18-17(19,20)11-7-9-12(10-8-11)22-16-6-2-3-13-14(16)4-1-5-15(13)21/h1-10,21H. The molecule has 2 nitrogen and oxygen atoms in total. The molecule has 0 amide bonds. The van der Waals surface area contributed by atoms with Crippen LogP contribution in [-0.2, 0) is 6.18 Å². The Bertz CT molecular complexity index is 808. The SMILES string of the molecule is Oc1cccc2c(Oc3ccc(C(F)(F)F)cc3)cccc12. The van der Waals surface area contributed by atoms with Crippen molar-refractivity contribution in [1.82, 2.24) is 0 Å². The fraction of sp³-hybridized carbons (Fsp3) is 0.0588. The van der Waals surface area contributed by atoms with Crippen LogP contribution in [0.3, 0.4) is 0 Å². The Labute approximate surface area is 124 Å². The van der Waals surface area contributed by atoms with E-state index in [2.05, 4.69) is 0 Å². The van der Waals surface area contributed by atoms with E-state index in [0.717, 1.165) is 12.1 Å². The molecule has 0 unspecified atom stereocenters. The number of aromatic hydroxyl groups is 1. The van der Waals surface area contributed by atoms with Crippen molar-refractivity contribution in [3.8, 4) is 17.2 Å². The van der Waals surface area contributed by atoms with Crippen molar-refractivity contribution in [3.05, 3.63) is 66.2 Å². The molecular formula is C17H11F3O2. The summed E-state index contributed by atoms with van der Waals surface area (Å²) in [5.41, 5.74) is -0.726. The lowest BCUT2D eigenvalue weighted by Gasteiger charge is -2.11. The van der Waals surface area contributed by atoms with Gasteiger partial charge in [-0.3, -0.25) is 0 Å². The molecule has 0 aliphatic heterocycles. The summed E-state index contributed by atoms with van der Waals surface area (Å²) in [5.74, 6) is 0.882. The smallest absolute Gasteiger partial charge is 0.416 e. The molecule has 0 atom stereocenters. The molecule has 22 heavy (non-hydrogen) atoms. The van der Waals surface area contributed by atoms with Crippen molar-refractivity contribution in [2.45, 2.75) is 6.18 Å². The van der Waals surface area contributed by atoms with E-state index in [-0.39, 0.29) is 5.75 Å². The van der Waals surface area contributed by atoms with Crippen molar-refractivity contribution in [3.63, 3.8) is 0 Å². The Morgan fingerprint density at radius 1 is 0.773 bits per heavy atom. The number of hydrogen-bond acceptors (Lipinski definition) is 2. The highest BCUT2D eigenvalue weighted by Crippen LogP contribution is 2.35. The maximum Gasteiger partial charge on any atom is 0.416 e. The van der Waals surface area contributed by atoms with E-state index in [0.29, 0.717) is 22.3 Å². The van der Waals surface area contributed by atoms with Crippen molar-refractivity contribution in [2.75, 3.05) is 0 Å². The highest BCUT2D eigenvalue weighted by Gasteiger charge is 2.30. The molecule has 0 radical (unpaired) electrons. The number of phenolic OH excluding ortho intramolecular Hbond substituents is 1. The van der Waals surface area contributed by atoms with E-state index >= 15 is 0 Å². The number of phenols is 1. The van der Waals surface area contributed by atoms with Crippen LogP contribution in [0.15, 0.2) is 60.7 Å². The first-order valence-electron chi connectivity index (χ1n) is 6.51. The minimum Gasteiger partial charge on any atom is -0.507 e. The molecule has 0 bridgehead atoms. The number of alkyl halides is 3. The maximum atomic E-state index is 12.5. The first kappa shape index (κ1) is 14.3. The molecule has 3 rings (SSSR count). The molecule has 0 fully saturated rings. The number of hydrogen-bond donors (Lipinski definition) is 1. The summed E-state index contributed by atoms with van der Waals surface area (Å²) in [6, 6.07) is 14.6. The fourth-order valence-electron chi connectivity index (χ4n) is 2.19. The van der Waals surface area contributed by atoms with Gasteiger partial charge in [-0.1, -0.05) is 24.3 Å². The number of ether oxygens (including phenoxy) is 1. The van der Waals surface area contributed by atoms with Crippen LogP contribution in [-0.4, -0.2) is 5.11 Å². The molecule has 0 saturated carbocycles. The lowest BCUT2D eigenvalue weighted by atomic mass is 10.1. The Kier molecular flexibility index (Phi) is 3.41. The molecule has 1 N–H and O–H groups in total. The van der Waals surface area contributed by atoms with E-state index in [9.17, 15) is 18.3 Å². The quantitative estimate of drug-likeness (QED) is 0.691. The number of halogens is 3. The molecule has 5 heteroatoms. The summed E-state index contributed by atoms with van der Waals surface area (Å²) < 4.78 is 43.2. The molecule has 3 aromatic rings. The van der Waals surface area contributed by atoms with Gasteiger partial charge in [-0.2, -0.15) is 13.2 Å². The minimum atomic E-state index is -4.37. The van der Waals surface area contributed by atoms with Crippen LogP contribution >= 0.6 is 0 Å². The lowest BCUT2D eigenvalue weighted by Crippen LogP contribution is -2.03. The van der Waals surface area contributed by atoms with Gasteiger partial charge in [-0.05, 0) is 36.4 Å². The summed E-state index contributed by atoms with van der Waals surface area (Å²) in [7, 11) is 0. The van der Waals surface area contributed by atoms with Gasteiger partial charge in [0, 0.05) is 10.8 Å². The zero-order chi connectivity index (χ0) is 15.7. The van der Waals surface area contributed by atoms with Crippen LogP contribution in [0, 0.1) is 0 Å². The average molecular weight is 304 g/mol. The second-order valence-corrected chi connectivity index (χ2v) is 4.75. The predicted molar refractivity (Wildman–Crippen MR) is 77.1 cm³/mol. The third kappa shape index (κ3) is 2.70. The van der Waals surface area contributed by atoms with Gasteiger partial charge < -0.3 is 9.84 Å². The first-order valence-corrected chi connectivity index (χ1v) is 6.51. The molecule has 0 aromatic heterocycles. The van der Waals surface area contributed by atoms with Crippen LogP contribution in [0.1, 0.15) is 5.56 Å². The third-order valence-electron chi connectivity index (χ3n) is 3.27. The van der Waals surface area contributed by atoms with Gasteiger partial charge in [0.15, 0.2) is 0 Å². The van der Waals surface area contributed by atoms with Gasteiger partial charge in [0.05, 0.1) is 5.56 Å². The van der Waals surface area contributed by atoms with Crippen LogP contribution in [0.25, 0.3) is 10.8 Å². The average Bonchev–Trinajstić information content (AvgIpc) is 2.48. The van der Waals surface area contributed by atoms with Gasteiger partial charge in [0.1, 0.15) is 17.2 Å². The summed E-state index contributed by atoms with van der Waals surface area (Å²) in [6.45, 7) is 0. The van der Waals surface area contributed by atoms with Crippen LogP contribution in [0.4, 0.5) is 13.2 Å². The summed E-state index contributed by atoms with van der Waals surface area (Å²) in [4.78, 5) is 0. The van der Waals surface area contributed by atoms with Gasteiger partial charge in [-0.15, -0.1) is 0 Å². The number of benzene rings is 3.